The standard InChI is InChI=1S/C49H90N16O10/c1-27(2)22-37(47(73)59-30(6)41(67)61-35(17-11-14-20-51)45(71)57-29(5)40(53)66)63-43(69)32(8)58-46(72)36(18-12-15-21-52)62-42(68)31(7)60-48(74)38(23-28(3)4)64-49(75)39(24-33-25-55-26-56-33)65-44(70)34(54-9)16-10-13-19-50/h25-32,34-39,54H,10-24,50-52H2,1-9H3,(H2,53,66)(H,55,56)(H,57,71)(H,58,72)(H,59,73)(H,60,74)(H,61,67)(H,62,68)(H,63,69)(H,64,75)(H,65,70)/t29-,30-,31-,32-,34?,35?,36?,37-,38?,39-/m0/s1. The first kappa shape index (κ1) is 66.8. The maximum atomic E-state index is 13.9. The largest absolute Gasteiger partial charge is 0.368 e. The monoisotopic (exact) mass is 1060 g/mol. The number of hydrogen-bond donors (Lipinski definition) is 15. The van der Waals surface area contributed by atoms with E-state index in [0.29, 0.717) is 70.3 Å². The first-order valence-electron chi connectivity index (χ1n) is 26.2. The topological polar surface area (TPSA) is 424 Å². The molecule has 75 heavy (non-hydrogen) atoms. The molecular weight excluding hydrogens is 973 g/mol. The molecule has 0 radical (unpaired) electrons. The minimum absolute atomic E-state index is 0.0378. The highest BCUT2D eigenvalue weighted by atomic mass is 16.2. The third-order valence-electron chi connectivity index (χ3n) is 12.1. The number of nitrogens with two attached hydrogens (primary N) is 4. The summed E-state index contributed by atoms with van der Waals surface area (Å²) in [5.74, 6) is -7.02. The molecule has 4 unspecified atom stereocenters. The zero-order valence-electron chi connectivity index (χ0n) is 45.5. The summed E-state index contributed by atoms with van der Waals surface area (Å²) in [6, 6.07) is -10.9. The van der Waals surface area contributed by atoms with Crippen LogP contribution >= 0.6 is 0 Å². The molecule has 1 aromatic heterocycles. The minimum atomic E-state index is -1.23. The van der Waals surface area contributed by atoms with Crippen molar-refractivity contribution in [1.29, 1.82) is 0 Å². The van der Waals surface area contributed by atoms with Gasteiger partial charge in [0.15, 0.2) is 0 Å². The van der Waals surface area contributed by atoms with E-state index in [1.165, 1.54) is 40.2 Å². The van der Waals surface area contributed by atoms with Crippen molar-refractivity contribution in [3.05, 3.63) is 18.2 Å². The van der Waals surface area contributed by atoms with Crippen LogP contribution in [0.15, 0.2) is 12.5 Å². The van der Waals surface area contributed by atoms with Crippen molar-refractivity contribution in [2.24, 2.45) is 34.8 Å². The lowest BCUT2D eigenvalue weighted by atomic mass is 10.0. The predicted molar refractivity (Wildman–Crippen MR) is 282 cm³/mol. The van der Waals surface area contributed by atoms with Crippen LogP contribution in [0, 0.1) is 11.8 Å². The van der Waals surface area contributed by atoms with Gasteiger partial charge in [-0.05, 0) is 130 Å². The fraction of sp³-hybridized carbons (Fsp3) is 0.735. The van der Waals surface area contributed by atoms with Crippen molar-refractivity contribution in [3.63, 3.8) is 0 Å². The zero-order chi connectivity index (χ0) is 56.8. The normalized spacial score (nSPS) is 15.3. The Labute approximate surface area is 441 Å². The van der Waals surface area contributed by atoms with Gasteiger partial charge in [0.25, 0.3) is 0 Å². The molecule has 26 nitrogen and oxygen atoms in total. The number of carbonyl (C=O) groups is 10. The number of amides is 10. The fourth-order valence-electron chi connectivity index (χ4n) is 7.61. The first-order valence-corrected chi connectivity index (χ1v) is 26.2. The van der Waals surface area contributed by atoms with Crippen LogP contribution in [0.2, 0.25) is 0 Å². The summed E-state index contributed by atoms with van der Waals surface area (Å²) in [5.41, 5.74) is 22.8. The number of carbonyl (C=O) groups excluding carboxylic acids is 10. The lowest BCUT2D eigenvalue weighted by Gasteiger charge is -2.27. The number of hydrogen-bond acceptors (Lipinski definition) is 15. The molecule has 426 valence electrons. The SMILES string of the molecule is CNC(CCCCN)C(=O)N[C@@H](Cc1cnc[nH]1)C(=O)NC(CC(C)C)C(=O)N[C@@H](C)C(=O)NC(CCCCN)C(=O)N[C@@H](C)C(=O)N[C@@H](CC(C)C)C(=O)N[C@@H](C)C(=O)NC(CCCCN)C(=O)N[C@@H](C)C(N)=O. The summed E-state index contributed by atoms with van der Waals surface area (Å²) in [5, 5.41) is 26.7. The van der Waals surface area contributed by atoms with Crippen LogP contribution in [0.4, 0.5) is 0 Å². The minimum Gasteiger partial charge on any atom is -0.368 e. The van der Waals surface area contributed by atoms with E-state index in [-0.39, 0.29) is 43.9 Å². The second-order valence-corrected chi connectivity index (χ2v) is 19.9. The Bertz CT molecular complexity index is 1970. The second kappa shape index (κ2) is 35.9. The fourth-order valence-corrected chi connectivity index (χ4v) is 7.61. The van der Waals surface area contributed by atoms with Gasteiger partial charge in [0.05, 0.1) is 12.4 Å². The third kappa shape index (κ3) is 26.2. The summed E-state index contributed by atoms with van der Waals surface area (Å²) in [6.45, 7) is 14.1. The van der Waals surface area contributed by atoms with Gasteiger partial charge in [-0.25, -0.2) is 4.98 Å². The summed E-state index contributed by atoms with van der Waals surface area (Å²) >= 11 is 0. The Morgan fingerprint density at radius 1 is 0.440 bits per heavy atom. The number of rotatable bonds is 38. The van der Waals surface area contributed by atoms with Gasteiger partial charge in [0.1, 0.15) is 54.4 Å². The van der Waals surface area contributed by atoms with Crippen LogP contribution in [-0.4, -0.2) is 156 Å². The van der Waals surface area contributed by atoms with Crippen LogP contribution in [0.3, 0.4) is 0 Å². The highest BCUT2D eigenvalue weighted by Gasteiger charge is 2.34. The highest BCUT2D eigenvalue weighted by Crippen LogP contribution is 2.11. The predicted octanol–water partition coefficient (Wildman–Crippen LogP) is -3.05. The van der Waals surface area contributed by atoms with Gasteiger partial charge < -0.3 is 81.1 Å². The summed E-state index contributed by atoms with van der Waals surface area (Å²) in [4.78, 5) is 141. The van der Waals surface area contributed by atoms with Crippen LogP contribution in [-0.2, 0) is 54.4 Å². The molecule has 0 spiro atoms. The summed E-state index contributed by atoms with van der Waals surface area (Å²) in [6.07, 6.45) is 7.45. The van der Waals surface area contributed by atoms with E-state index >= 15 is 0 Å². The zero-order valence-corrected chi connectivity index (χ0v) is 45.5. The van der Waals surface area contributed by atoms with Gasteiger partial charge >= 0.3 is 0 Å². The van der Waals surface area contributed by atoms with Gasteiger partial charge in [-0.3, -0.25) is 47.9 Å². The number of nitrogens with zero attached hydrogens (tertiary/aromatic N) is 1. The van der Waals surface area contributed by atoms with Crippen molar-refractivity contribution in [2.45, 2.75) is 193 Å². The molecule has 0 aromatic carbocycles. The average Bonchev–Trinajstić information content (AvgIpc) is 3.86. The molecule has 0 fully saturated rings. The van der Waals surface area contributed by atoms with Crippen LogP contribution in [0.25, 0.3) is 0 Å². The molecule has 0 saturated heterocycles. The molecule has 10 amide bonds. The number of imidazole rings is 1. The highest BCUT2D eigenvalue weighted by molar-refractivity contribution is 5.98. The Kier molecular flexibility index (Phi) is 31.9. The van der Waals surface area contributed by atoms with E-state index in [4.69, 9.17) is 22.9 Å². The molecule has 0 aliphatic rings. The Balaban J connectivity index is 3.15. The smallest absolute Gasteiger partial charge is 0.243 e. The Hall–Kier alpha value is -6.25. The number of aromatic nitrogens is 2. The number of unbranched alkanes of at least 4 members (excludes halogenated alkanes) is 3. The molecule has 0 aliphatic heterocycles. The van der Waals surface area contributed by atoms with Gasteiger partial charge in [0, 0.05) is 18.3 Å². The lowest BCUT2D eigenvalue weighted by molar-refractivity contribution is -0.136. The van der Waals surface area contributed by atoms with Crippen LogP contribution in [0.1, 0.15) is 132 Å². The number of primary amides is 1. The molecule has 0 aliphatic carbocycles. The van der Waals surface area contributed by atoms with Crippen molar-refractivity contribution >= 4 is 59.1 Å². The van der Waals surface area contributed by atoms with Crippen molar-refractivity contribution in [3.8, 4) is 0 Å². The Morgan fingerprint density at radius 2 is 0.760 bits per heavy atom. The molecule has 26 heteroatoms. The van der Waals surface area contributed by atoms with Gasteiger partial charge in [-0.1, -0.05) is 34.1 Å². The van der Waals surface area contributed by atoms with Crippen molar-refractivity contribution in [1.82, 2.24) is 63.1 Å². The van der Waals surface area contributed by atoms with E-state index in [1.54, 1.807) is 7.05 Å². The van der Waals surface area contributed by atoms with E-state index in [9.17, 15) is 47.9 Å². The van der Waals surface area contributed by atoms with E-state index in [0.717, 1.165) is 0 Å². The molecule has 19 N–H and O–H groups in total. The Morgan fingerprint density at radius 3 is 1.11 bits per heavy atom. The van der Waals surface area contributed by atoms with Crippen LogP contribution < -0.4 is 76.1 Å². The second-order valence-electron chi connectivity index (χ2n) is 19.9. The molecule has 10 atom stereocenters. The summed E-state index contributed by atoms with van der Waals surface area (Å²) < 4.78 is 0. The average molecular weight is 1060 g/mol. The van der Waals surface area contributed by atoms with Crippen LogP contribution in [0.5, 0.6) is 0 Å². The number of aromatic amines is 1. The molecule has 1 aromatic rings. The molecular formula is C49H90N16O10. The van der Waals surface area contributed by atoms with E-state index < -0.39 is 119 Å². The van der Waals surface area contributed by atoms with Crippen molar-refractivity contribution < 1.29 is 47.9 Å². The number of likely N-dealkylation sites (N-methyl/N-ethyl adjacent to an activating group) is 1. The van der Waals surface area contributed by atoms with Crippen molar-refractivity contribution in [2.75, 3.05) is 26.7 Å². The van der Waals surface area contributed by atoms with Gasteiger partial charge in [0.2, 0.25) is 59.1 Å². The maximum absolute atomic E-state index is 13.9. The third-order valence-corrected chi connectivity index (χ3v) is 12.1. The lowest BCUT2D eigenvalue weighted by Crippen LogP contribution is -2.60. The van der Waals surface area contributed by atoms with E-state index in [1.807, 2.05) is 27.7 Å². The van der Waals surface area contributed by atoms with Gasteiger partial charge in [-0.2, -0.15) is 0 Å². The van der Waals surface area contributed by atoms with E-state index in [2.05, 4.69) is 63.1 Å². The number of H-pyrrole nitrogens is 1. The quantitative estimate of drug-likeness (QED) is 0.0293. The first-order chi connectivity index (χ1) is 35.4. The number of nitrogens with one attached hydrogen (secondary N) is 11. The molecule has 1 heterocycles. The maximum Gasteiger partial charge on any atom is 0.243 e. The molecule has 0 saturated carbocycles. The molecule has 0 bridgehead atoms. The van der Waals surface area contributed by atoms with Gasteiger partial charge in [-0.15, -0.1) is 0 Å². The molecule has 1 rings (SSSR count). The summed E-state index contributed by atoms with van der Waals surface area (Å²) in [7, 11) is 1.64.